The van der Waals surface area contributed by atoms with Crippen LogP contribution in [0, 0.1) is 0 Å². The number of fused-ring (bicyclic) bond motifs is 1. The average molecular weight is 311 g/mol. The first-order chi connectivity index (χ1) is 9.48. The standard InChI is InChI=1S/C14H22N3OPS/c1-6-17(7-2)19(20)13-10-11(18-5)8-9-12(13)15-14(19)16(3)4/h8-10H,6-7H2,1-5H3. The second kappa shape index (κ2) is 5.84. The summed E-state index contributed by atoms with van der Waals surface area (Å²) < 4.78 is 7.73. The molecule has 0 spiro atoms. The van der Waals surface area contributed by atoms with Gasteiger partial charge in [-0.3, -0.25) is 4.67 Å². The number of ether oxygens (including phenoxy) is 1. The fourth-order valence-electron chi connectivity index (χ4n) is 2.52. The molecule has 1 heterocycles. The van der Waals surface area contributed by atoms with E-state index in [9.17, 15) is 0 Å². The first-order valence-corrected chi connectivity index (χ1v) is 9.55. The van der Waals surface area contributed by atoms with E-state index in [0.29, 0.717) is 0 Å². The van der Waals surface area contributed by atoms with Crippen molar-refractivity contribution in [2.45, 2.75) is 13.8 Å². The van der Waals surface area contributed by atoms with Crippen molar-refractivity contribution >= 4 is 34.6 Å². The van der Waals surface area contributed by atoms with E-state index < -0.39 is 6.19 Å². The lowest BCUT2D eigenvalue weighted by Crippen LogP contribution is -2.33. The summed E-state index contributed by atoms with van der Waals surface area (Å²) in [4.78, 5) is 6.85. The third-order valence-corrected chi connectivity index (χ3v) is 8.72. The van der Waals surface area contributed by atoms with Gasteiger partial charge in [-0.25, -0.2) is 4.99 Å². The molecule has 1 aromatic rings. The monoisotopic (exact) mass is 311 g/mol. The highest BCUT2D eigenvalue weighted by Gasteiger charge is 2.39. The fraction of sp³-hybridized carbons (Fsp3) is 0.500. The normalized spacial score (nSPS) is 20.8. The molecule has 1 aliphatic rings. The first-order valence-electron chi connectivity index (χ1n) is 6.79. The van der Waals surface area contributed by atoms with E-state index in [1.807, 2.05) is 26.2 Å². The van der Waals surface area contributed by atoms with Crippen LogP contribution in [0.15, 0.2) is 23.2 Å². The van der Waals surface area contributed by atoms with E-state index in [1.165, 1.54) is 0 Å². The Bertz CT molecular complexity index is 582. The second-order valence-corrected chi connectivity index (χ2v) is 9.06. The van der Waals surface area contributed by atoms with E-state index in [4.69, 9.17) is 21.5 Å². The minimum atomic E-state index is -2.01. The summed E-state index contributed by atoms with van der Waals surface area (Å²) >= 11 is 6.16. The molecule has 0 saturated heterocycles. The zero-order valence-corrected chi connectivity index (χ0v) is 14.5. The summed E-state index contributed by atoms with van der Waals surface area (Å²) in [7, 11) is 5.73. The van der Waals surface area contributed by atoms with Crippen LogP contribution >= 0.6 is 6.19 Å². The highest BCUT2D eigenvalue weighted by Crippen LogP contribution is 2.57. The van der Waals surface area contributed by atoms with Crippen molar-refractivity contribution in [3.8, 4) is 5.75 Å². The van der Waals surface area contributed by atoms with Crippen LogP contribution in [0.2, 0.25) is 0 Å². The molecule has 1 aliphatic heterocycles. The molecule has 1 aromatic carbocycles. The van der Waals surface area contributed by atoms with Gasteiger partial charge in [-0.2, -0.15) is 0 Å². The van der Waals surface area contributed by atoms with Crippen LogP contribution in [-0.4, -0.2) is 49.4 Å². The Morgan fingerprint density at radius 3 is 2.40 bits per heavy atom. The number of methoxy groups -OCH3 is 1. The lowest BCUT2D eigenvalue weighted by molar-refractivity contribution is 0.415. The Balaban J connectivity index is 2.64. The van der Waals surface area contributed by atoms with Crippen LogP contribution in [-0.2, 0) is 11.8 Å². The smallest absolute Gasteiger partial charge is 0.156 e. The van der Waals surface area contributed by atoms with Crippen LogP contribution in [0.5, 0.6) is 5.75 Å². The topological polar surface area (TPSA) is 28.1 Å². The molecule has 20 heavy (non-hydrogen) atoms. The van der Waals surface area contributed by atoms with Gasteiger partial charge >= 0.3 is 0 Å². The number of nitrogens with zero attached hydrogens (tertiary/aromatic N) is 3. The van der Waals surface area contributed by atoms with Crippen LogP contribution in [0.3, 0.4) is 0 Å². The Morgan fingerprint density at radius 2 is 1.90 bits per heavy atom. The summed E-state index contributed by atoms with van der Waals surface area (Å²) in [5.41, 5.74) is 2.00. The molecule has 1 atom stereocenters. The molecule has 0 N–H and O–H groups in total. The minimum absolute atomic E-state index is 0.848. The first kappa shape index (κ1) is 15.5. The summed E-state index contributed by atoms with van der Waals surface area (Å²) in [6, 6.07) is 6.02. The van der Waals surface area contributed by atoms with Gasteiger partial charge in [0, 0.05) is 32.5 Å². The molecular weight excluding hydrogens is 289 g/mol. The number of hydrogen-bond donors (Lipinski definition) is 0. The lowest BCUT2D eigenvalue weighted by Gasteiger charge is -2.34. The Labute approximate surface area is 126 Å². The molecule has 0 aliphatic carbocycles. The summed E-state index contributed by atoms with van der Waals surface area (Å²) in [5.74, 6) is 0.848. The Hall–Kier alpha value is -0.900. The van der Waals surface area contributed by atoms with E-state index in [1.54, 1.807) is 7.11 Å². The lowest BCUT2D eigenvalue weighted by atomic mass is 10.3. The van der Waals surface area contributed by atoms with Gasteiger partial charge in [0.2, 0.25) is 0 Å². The van der Waals surface area contributed by atoms with E-state index in [2.05, 4.69) is 29.5 Å². The molecule has 0 aromatic heterocycles. The highest BCUT2D eigenvalue weighted by atomic mass is 32.4. The van der Waals surface area contributed by atoms with Crippen molar-refractivity contribution in [3.63, 3.8) is 0 Å². The fourth-order valence-corrected chi connectivity index (χ4v) is 7.36. The molecule has 0 radical (unpaired) electrons. The van der Waals surface area contributed by atoms with Gasteiger partial charge in [0.15, 0.2) is 5.58 Å². The van der Waals surface area contributed by atoms with E-state index >= 15 is 0 Å². The van der Waals surface area contributed by atoms with Crippen molar-refractivity contribution < 1.29 is 4.74 Å². The van der Waals surface area contributed by atoms with E-state index in [-0.39, 0.29) is 0 Å². The van der Waals surface area contributed by atoms with Crippen LogP contribution in [0.1, 0.15) is 13.8 Å². The summed E-state index contributed by atoms with van der Waals surface area (Å²) in [6.45, 7) is 6.17. The Morgan fingerprint density at radius 1 is 1.25 bits per heavy atom. The van der Waals surface area contributed by atoms with Gasteiger partial charge < -0.3 is 9.64 Å². The zero-order valence-electron chi connectivity index (χ0n) is 12.8. The van der Waals surface area contributed by atoms with Gasteiger partial charge in [-0.15, -0.1) is 0 Å². The third-order valence-electron chi connectivity index (χ3n) is 3.53. The molecule has 0 fully saturated rings. The van der Waals surface area contributed by atoms with Gasteiger partial charge in [0.25, 0.3) is 0 Å². The van der Waals surface area contributed by atoms with Crippen molar-refractivity contribution in [1.82, 2.24) is 9.57 Å². The number of amidine groups is 1. The summed E-state index contributed by atoms with van der Waals surface area (Å²) in [6.07, 6.45) is -2.01. The summed E-state index contributed by atoms with van der Waals surface area (Å²) in [5, 5.41) is 1.15. The maximum atomic E-state index is 6.16. The SMILES string of the molecule is CCN(CC)P1(=S)C(N(C)C)=Nc2ccc(OC)cc21. The molecule has 6 heteroatoms. The Kier molecular flexibility index (Phi) is 4.52. The predicted octanol–water partition coefficient (Wildman–Crippen LogP) is 2.62. The zero-order chi connectivity index (χ0) is 14.9. The molecule has 0 saturated carbocycles. The maximum Gasteiger partial charge on any atom is 0.156 e. The number of rotatable bonds is 4. The molecule has 0 bridgehead atoms. The molecule has 0 amide bonds. The van der Waals surface area contributed by atoms with Gasteiger partial charge in [-0.05, 0) is 18.2 Å². The minimum Gasteiger partial charge on any atom is -0.497 e. The molecule has 4 nitrogen and oxygen atoms in total. The number of benzene rings is 1. The van der Waals surface area contributed by atoms with Crippen LogP contribution in [0.4, 0.5) is 5.69 Å². The van der Waals surface area contributed by atoms with Crippen molar-refractivity contribution in [3.05, 3.63) is 18.2 Å². The largest absolute Gasteiger partial charge is 0.497 e. The quantitative estimate of drug-likeness (QED) is 0.799. The van der Waals surface area contributed by atoms with Gasteiger partial charge in [-0.1, -0.05) is 25.7 Å². The van der Waals surface area contributed by atoms with Gasteiger partial charge in [0.05, 0.1) is 12.8 Å². The average Bonchev–Trinajstić information content (AvgIpc) is 2.74. The predicted molar refractivity (Wildman–Crippen MR) is 90.6 cm³/mol. The highest BCUT2D eigenvalue weighted by molar-refractivity contribution is 8.25. The van der Waals surface area contributed by atoms with E-state index in [0.717, 1.165) is 35.4 Å². The molecule has 110 valence electrons. The number of hydrogen-bond acceptors (Lipinski definition) is 4. The van der Waals surface area contributed by atoms with Gasteiger partial charge in [0.1, 0.15) is 11.9 Å². The van der Waals surface area contributed by atoms with Crippen molar-refractivity contribution in [1.29, 1.82) is 0 Å². The van der Waals surface area contributed by atoms with Crippen molar-refractivity contribution in [2.24, 2.45) is 4.99 Å². The molecule has 2 rings (SSSR count). The number of aliphatic imine (C=N–C) groups is 1. The van der Waals surface area contributed by atoms with Crippen LogP contribution < -0.4 is 10.0 Å². The molecular formula is C14H22N3OPS. The van der Waals surface area contributed by atoms with Crippen LogP contribution in [0.25, 0.3) is 0 Å². The second-order valence-electron chi connectivity index (χ2n) is 4.88. The maximum absolute atomic E-state index is 6.16. The third kappa shape index (κ3) is 2.28. The van der Waals surface area contributed by atoms with Crippen molar-refractivity contribution in [2.75, 3.05) is 34.3 Å². The molecule has 1 unspecified atom stereocenters.